The monoisotopic (exact) mass is 300 g/mol. The lowest BCUT2D eigenvalue weighted by Gasteiger charge is -2.43. The van der Waals surface area contributed by atoms with Crippen molar-refractivity contribution < 1.29 is 14.3 Å². The number of aliphatic carboxylic acids is 1. The van der Waals surface area contributed by atoms with Gasteiger partial charge >= 0.3 is 5.97 Å². The molecule has 0 aromatic carbocycles. The lowest BCUT2D eigenvalue weighted by atomic mass is 10.0. The summed E-state index contributed by atoms with van der Waals surface area (Å²) < 4.78 is 6.49. The molecule has 0 aromatic heterocycles. The van der Waals surface area contributed by atoms with Crippen LogP contribution in [0.3, 0.4) is 0 Å². The second-order valence-corrected chi connectivity index (χ2v) is 12.8. The summed E-state index contributed by atoms with van der Waals surface area (Å²) in [5, 5.41) is 9.55. The predicted molar refractivity (Wildman–Crippen MR) is 85.5 cm³/mol. The molecule has 0 radical (unpaired) electrons. The molecule has 4 heteroatoms. The summed E-state index contributed by atoms with van der Waals surface area (Å²) >= 11 is 0. The smallest absolute Gasteiger partial charge is 0.312 e. The van der Waals surface area contributed by atoms with E-state index in [4.69, 9.17) is 4.43 Å². The van der Waals surface area contributed by atoms with Crippen molar-refractivity contribution >= 4 is 14.3 Å². The van der Waals surface area contributed by atoms with Crippen LogP contribution in [-0.2, 0) is 9.22 Å². The Labute approximate surface area is 125 Å². The van der Waals surface area contributed by atoms with E-state index in [1.165, 1.54) is 0 Å². The van der Waals surface area contributed by atoms with Gasteiger partial charge in [0.2, 0.25) is 0 Å². The molecule has 2 atom stereocenters. The Kier molecular flexibility index (Phi) is 5.47. The van der Waals surface area contributed by atoms with Gasteiger partial charge in [0, 0.05) is 0 Å². The minimum atomic E-state index is -1.95. The van der Waals surface area contributed by atoms with E-state index in [-0.39, 0.29) is 0 Å². The van der Waals surface area contributed by atoms with Crippen molar-refractivity contribution in [1.82, 2.24) is 0 Å². The van der Waals surface area contributed by atoms with Crippen molar-refractivity contribution in [2.24, 2.45) is 11.3 Å². The minimum Gasteiger partial charge on any atom is -0.481 e. The summed E-state index contributed by atoms with van der Waals surface area (Å²) in [5.41, 5.74) is 0.928. The zero-order chi connectivity index (χ0) is 15.7. The third kappa shape index (κ3) is 2.82. The molecular weight excluding hydrogens is 268 g/mol. The van der Waals surface area contributed by atoms with Crippen molar-refractivity contribution in [3.8, 4) is 0 Å². The highest BCUT2D eigenvalue weighted by molar-refractivity contribution is 6.77. The van der Waals surface area contributed by atoms with Crippen LogP contribution in [0.2, 0.25) is 16.6 Å². The summed E-state index contributed by atoms with van der Waals surface area (Å²) in [6.07, 6.45) is 1.73. The topological polar surface area (TPSA) is 46.5 Å². The third-order valence-electron chi connectivity index (χ3n) is 5.44. The van der Waals surface area contributed by atoms with Gasteiger partial charge in [-0.2, -0.15) is 0 Å². The normalized spacial score (nSPS) is 26.6. The van der Waals surface area contributed by atoms with Crippen LogP contribution in [-0.4, -0.2) is 26.0 Å². The molecule has 0 saturated heterocycles. The van der Waals surface area contributed by atoms with Crippen molar-refractivity contribution in [3.63, 3.8) is 0 Å². The average Bonchev–Trinajstić information content (AvgIpc) is 3.03. The van der Waals surface area contributed by atoms with Crippen LogP contribution < -0.4 is 0 Å². The van der Waals surface area contributed by atoms with E-state index in [1.807, 2.05) is 0 Å². The fraction of sp³-hybridized carbons (Fsp3) is 0.938. The van der Waals surface area contributed by atoms with Crippen LogP contribution in [0, 0.1) is 11.3 Å². The van der Waals surface area contributed by atoms with E-state index >= 15 is 0 Å². The Morgan fingerprint density at radius 2 is 1.65 bits per heavy atom. The maximum Gasteiger partial charge on any atom is 0.312 e. The van der Waals surface area contributed by atoms with E-state index in [9.17, 15) is 9.90 Å². The molecule has 1 aliphatic rings. The molecule has 118 valence electrons. The average molecular weight is 301 g/mol. The molecule has 1 rings (SSSR count). The van der Waals surface area contributed by atoms with Gasteiger partial charge in [-0.05, 0) is 29.0 Å². The van der Waals surface area contributed by atoms with Crippen molar-refractivity contribution in [1.29, 1.82) is 0 Å². The number of rotatable bonds is 8. The van der Waals surface area contributed by atoms with Crippen LogP contribution in [0.5, 0.6) is 0 Å². The van der Waals surface area contributed by atoms with Gasteiger partial charge in [0.25, 0.3) is 0 Å². The van der Waals surface area contributed by atoms with Crippen molar-refractivity contribution in [2.75, 3.05) is 6.61 Å². The van der Waals surface area contributed by atoms with E-state index in [1.54, 1.807) is 0 Å². The molecule has 1 N–H and O–H groups in total. The Balaban J connectivity index is 2.90. The summed E-state index contributed by atoms with van der Waals surface area (Å²) in [4.78, 5) is 11.6. The van der Waals surface area contributed by atoms with Gasteiger partial charge < -0.3 is 9.53 Å². The maximum atomic E-state index is 11.6. The minimum absolute atomic E-state index is 0.304. The molecule has 0 aliphatic heterocycles. The Bertz CT molecular complexity index is 330. The molecule has 0 bridgehead atoms. The second-order valence-electron chi connectivity index (χ2n) is 7.38. The number of carbonyl (C=O) groups is 1. The molecule has 0 unspecified atom stereocenters. The molecule has 0 amide bonds. The van der Waals surface area contributed by atoms with E-state index in [2.05, 4.69) is 48.5 Å². The van der Waals surface area contributed by atoms with Crippen LogP contribution in [0.15, 0.2) is 0 Å². The molecular formula is C16H32O3Si. The predicted octanol–water partition coefficient (Wildman–Crippen LogP) is 4.68. The molecule has 20 heavy (non-hydrogen) atoms. The standard InChI is InChI=1S/C16H32O3Si/c1-8-14-9-16(14,15(17)18)10-19-20(11(2)3,12(4)5)13(6)7/h11-14H,8-10H2,1-7H3,(H,17,18)/t14-,16+/m0/s1. The van der Waals surface area contributed by atoms with Crippen LogP contribution in [0.25, 0.3) is 0 Å². The van der Waals surface area contributed by atoms with E-state index in [0.29, 0.717) is 29.1 Å². The molecule has 0 spiro atoms. The van der Waals surface area contributed by atoms with Gasteiger partial charge in [-0.3, -0.25) is 4.79 Å². The zero-order valence-corrected chi connectivity index (χ0v) is 15.2. The van der Waals surface area contributed by atoms with Gasteiger partial charge in [-0.1, -0.05) is 54.9 Å². The summed E-state index contributed by atoms with van der Waals surface area (Å²) in [6.45, 7) is 15.9. The maximum absolute atomic E-state index is 11.6. The highest BCUT2D eigenvalue weighted by Gasteiger charge is 2.61. The van der Waals surface area contributed by atoms with Crippen molar-refractivity contribution in [3.05, 3.63) is 0 Å². The SMILES string of the molecule is CC[C@H]1C[C@]1(CO[Si](C(C)C)(C(C)C)C(C)C)C(=O)O. The van der Waals surface area contributed by atoms with Crippen LogP contribution in [0.1, 0.15) is 61.3 Å². The molecule has 1 aliphatic carbocycles. The molecule has 0 aromatic rings. The first-order valence-electron chi connectivity index (χ1n) is 8.02. The largest absolute Gasteiger partial charge is 0.481 e. The van der Waals surface area contributed by atoms with Crippen LogP contribution >= 0.6 is 0 Å². The summed E-state index contributed by atoms with van der Waals surface area (Å²) in [6, 6.07) is 0. The zero-order valence-electron chi connectivity index (χ0n) is 14.2. The molecule has 1 saturated carbocycles. The lowest BCUT2D eigenvalue weighted by Crippen LogP contribution is -2.49. The number of carboxylic acids is 1. The number of hydrogen-bond acceptors (Lipinski definition) is 2. The van der Waals surface area contributed by atoms with E-state index < -0.39 is 19.7 Å². The summed E-state index contributed by atoms with van der Waals surface area (Å²) in [5.74, 6) is -0.360. The fourth-order valence-corrected chi connectivity index (χ4v) is 9.68. The second kappa shape index (κ2) is 6.18. The third-order valence-corrected chi connectivity index (χ3v) is 11.5. The first kappa shape index (κ1) is 17.7. The van der Waals surface area contributed by atoms with Crippen LogP contribution in [0.4, 0.5) is 0 Å². The van der Waals surface area contributed by atoms with Gasteiger partial charge in [-0.15, -0.1) is 0 Å². The van der Waals surface area contributed by atoms with Gasteiger partial charge in [0.05, 0.1) is 12.0 Å². The first-order chi connectivity index (χ1) is 9.15. The van der Waals surface area contributed by atoms with E-state index in [0.717, 1.165) is 12.8 Å². The highest BCUT2D eigenvalue weighted by Crippen LogP contribution is 2.56. The molecule has 3 nitrogen and oxygen atoms in total. The van der Waals surface area contributed by atoms with Gasteiger partial charge in [0.15, 0.2) is 8.32 Å². The first-order valence-corrected chi connectivity index (χ1v) is 10.2. The van der Waals surface area contributed by atoms with Gasteiger partial charge in [-0.25, -0.2) is 0 Å². The Morgan fingerprint density at radius 1 is 1.20 bits per heavy atom. The lowest BCUT2D eigenvalue weighted by molar-refractivity contribution is -0.145. The highest BCUT2D eigenvalue weighted by atomic mass is 28.4. The number of carboxylic acid groups (broad SMARTS) is 1. The molecule has 1 fully saturated rings. The fourth-order valence-electron chi connectivity index (χ4n) is 4.17. The quantitative estimate of drug-likeness (QED) is 0.662. The Hall–Kier alpha value is -0.353. The van der Waals surface area contributed by atoms with Crippen molar-refractivity contribution in [2.45, 2.75) is 77.9 Å². The molecule has 0 heterocycles. The van der Waals surface area contributed by atoms with Gasteiger partial charge in [0.1, 0.15) is 0 Å². The number of hydrogen-bond donors (Lipinski definition) is 1. The Morgan fingerprint density at radius 3 is 1.90 bits per heavy atom. The summed E-state index contributed by atoms with van der Waals surface area (Å²) in [7, 11) is -1.95.